The number of ether oxygens (including phenoxy) is 1. The number of piperidine rings is 1. The van der Waals surface area contributed by atoms with E-state index in [4.69, 9.17) is 9.72 Å². The Morgan fingerprint density at radius 2 is 1.78 bits per heavy atom. The normalized spacial score (nSPS) is 19.6. The van der Waals surface area contributed by atoms with Crippen LogP contribution in [0.1, 0.15) is 91.4 Å². The molecule has 7 heterocycles. The van der Waals surface area contributed by atoms with Crippen LogP contribution < -0.4 is 19.7 Å². The van der Waals surface area contributed by atoms with Gasteiger partial charge in [0, 0.05) is 48.6 Å². The largest absolute Gasteiger partial charge is 0.474 e. The lowest BCUT2D eigenvalue weighted by atomic mass is 9.59. The van der Waals surface area contributed by atoms with Gasteiger partial charge in [0.15, 0.2) is 16.4 Å². The highest BCUT2D eigenvalue weighted by Crippen LogP contribution is 2.54. The molecule has 11 rings (SSSR count). The Hall–Kier alpha value is -6.85. The van der Waals surface area contributed by atoms with Gasteiger partial charge < -0.3 is 15.0 Å². The van der Waals surface area contributed by atoms with Crippen molar-refractivity contribution in [2.75, 3.05) is 36.5 Å². The lowest BCUT2D eigenvalue weighted by molar-refractivity contribution is -0.384. The number of benzene rings is 3. The Kier molecular flexibility index (Phi) is 10.7. The minimum Gasteiger partial charge on any atom is -0.474 e. The molecule has 3 N–H and O–H groups in total. The first-order valence-electron chi connectivity index (χ1n) is 23.2. The van der Waals surface area contributed by atoms with Crippen LogP contribution in [0.4, 0.5) is 17.1 Å². The summed E-state index contributed by atoms with van der Waals surface area (Å²) in [5, 5.41) is 18.8. The number of aromatic nitrogens is 5. The molecule has 1 spiro atoms. The van der Waals surface area contributed by atoms with Gasteiger partial charge in [0.05, 0.1) is 33.8 Å². The first kappa shape index (κ1) is 42.8. The topological polar surface area (TPSA) is 194 Å². The summed E-state index contributed by atoms with van der Waals surface area (Å²) in [7, 11) is -4.76. The van der Waals surface area contributed by atoms with Crippen molar-refractivity contribution in [3.63, 3.8) is 0 Å². The second-order valence-corrected chi connectivity index (χ2v) is 20.6. The third kappa shape index (κ3) is 7.92. The molecule has 1 unspecified atom stereocenters. The van der Waals surface area contributed by atoms with E-state index in [1.165, 1.54) is 36.8 Å². The van der Waals surface area contributed by atoms with E-state index in [1.807, 2.05) is 54.6 Å². The number of H-pyrrole nitrogens is 1. The van der Waals surface area contributed by atoms with Crippen LogP contribution in [0.2, 0.25) is 0 Å². The molecule has 7 aromatic rings. The molecule has 1 amide bonds. The van der Waals surface area contributed by atoms with Gasteiger partial charge in [-0.25, -0.2) is 14.7 Å². The lowest BCUT2D eigenvalue weighted by Gasteiger charge is -2.56. The number of hydrogen-bond acceptors (Lipinski definition) is 12. The number of nitrogens with zero attached hydrogens (tertiary/aromatic N) is 7. The van der Waals surface area contributed by atoms with Gasteiger partial charge in [-0.2, -0.15) is 13.4 Å². The van der Waals surface area contributed by atoms with E-state index in [9.17, 15) is 23.3 Å². The number of anilines is 2. The molecule has 0 bridgehead atoms. The highest BCUT2D eigenvalue weighted by atomic mass is 32.2. The predicted octanol–water partition coefficient (Wildman–Crippen LogP) is 8.45. The molecule has 3 aliphatic heterocycles. The lowest BCUT2D eigenvalue weighted by Crippen LogP contribution is -2.55. The number of carbonyl (C=O) groups excluding carboxylic acids is 1. The van der Waals surface area contributed by atoms with Crippen LogP contribution in [0.25, 0.3) is 27.8 Å². The molecule has 3 fully saturated rings. The van der Waals surface area contributed by atoms with Crippen molar-refractivity contribution >= 4 is 55.1 Å². The van der Waals surface area contributed by atoms with Crippen molar-refractivity contribution in [1.29, 1.82) is 0 Å². The first-order chi connectivity index (χ1) is 32.4. The number of aromatic amines is 1. The molecule has 1 aliphatic carbocycles. The van der Waals surface area contributed by atoms with E-state index in [0.717, 1.165) is 55.2 Å². The summed E-state index contributed by atoms with van der Waals surface area (Å²) < 4.78 is 37.8. The van der Waals surface area contributed by atoms with E-state index in [-0.39, 0.29) is 29.8 Å². The number of fused-ring (bicyclic) bond motifs is 3. The van der Waals surface area contributed by atoms with Gasteiger partial charge in [-0.1, -0.05) is 68.4 Å². The van der Waals surface area contributed by atoms with Crippen LogP contribution in [-0.2, 0) is 16.4 Å². The zero-order valence-electron chi connectivity index (χ0n) is 37.4. The third-order valence-electron chi connectivity index (χ3n) is 14.5. The van der Waals surface area contributed by atoms with Crippen LogP contribution in [0, 0.1) is 15.5 Å². The van der Waals surface area contributed by atoms with Gasteiger partial charge >= 0.3 is 5.69 Å². The molecule has 17 heteroatoms. The number of nitro groups is 1. The molecular weight excluding hydrogens is 869 g/mol. The van der Waals surface area contributed by atoms with Crippen molar-refractivity contribution in [3.05, 3.63) is 136 Å². The summed E-state index contributed by atoms with van der Waals surface area (Å²) in [5.41, 5.74) is 6.86. The Bertz CT molecular complexity index is 3160. The number of rotatable bonds is 11. The van der Waals surface area contributed by atoms with Crippen LogP contribution in [0.15, 0.2) is 108 Å². The third-order valence-corrected chi connectivity index (χ3v) is 15.7. The average molecular weight is 921 g/mol. The van der Waals surface area contributed by atoms with Crippen LogP contribution in [0.3, 0.4) is 0 Å². The summed E-state index contributed by atoms with van der Waals surface area (Å²) in [6.45, 7) is 7.50. The number of likely N-dealkylation sites (tertiary alicyclic amines) is 1. The SMILES string of the molecule is CC(C)c1ccccc1[C@@H]1CCCN1C1CC2(CCN(c3ccc(C(=O)NS(=O)(=O)c4cc([N+](=O)[O-])c5c(n4)OCC(Cc4ccccc4)N5)c(-n4[nH]cc5nc6nccc6cc54)c3)CC2)C1. The molecular formula is C50H52N10O6S. The molecule has 4 aliphatic rings. The van der Waals surface area contributed by atoms with E-state index < -0.39 is 31.6 Å². The monoisotopic (exact) mass is 920 g/mol. The average Bonchev–Trinajstić information content (AvgIpc) is 4.10. The standard InChI is InChI=1S/C50H52N10O6S/c1-31(2)37-11-6-7-12-38(37)41-13-8-20-58(41)36-27-50(28-36)17-21-57(22-18-50)35-14-15-39(42(25-35)59-43-24-33-16-19-51-47(33)54-40(43)29-52-59)48(61)56-67(64,65)45-26-44(60(62)63)46-49(55-45)66-30-34(53-46)23-32-9-4-3-5-10-32/h3-7,9-12,14-16,19,24-26,29,31,34,36,41,52-53H,8,13,17-18,20-23,27-28,30H2,1-2H3,(H,56,61)/t34?,41-/m0/s1. The van der Waals surface area contributed by atoms with Crippen LogP contribution in [0.5, 0.6) is 5.88 Å². The maximum Gasteiger partial charge on any atom is 0.300 e. The highest BCUT2D eigenvalue weighted by Gasteiger charge is 2.50. The second-order valence-electron chi connectivity index (χ2n) is 19.0. The molecule has 0 radical (unpaired) electrons. The predicted molar refractivity (Wildman–Crippen MR) is 255 cm³/mol. The second kappa shape index (κ2) is 16.8. The molecule has 3 aromatic carbocycles. The number of amides is 1. The number of nitrogens with one attached hydrogen (secondary N) is 3. The van der Waals surface area contributed by atoms with Gasteiger partial charge in [0.1, 0.15) is 12.1 Å². The minimum atomic E-state index is -4.76. The smallest absolute Gasteiger partial charge is 0.300 e. The van der Waals surface area contributed by atoms with Crippen molar-refractivity contribution in [1.82, 2.24) is 34.4 Å². The molecule has 2 atom stereocenters. The number of hydrogen-bond donors (Lipinski definition) is 3. The molecule has 67 heavy (non-hydrogen) atoms. The quantitative estimate of drug-likeness (QED) is 0.0830. The molecule has 16 nitrogen and oxygen atoms in total. The molecule has 344 valence electrons. The van der Waals surface area contributed by atoms with Gasteiger partial charge in [0.2, 0.25) is 5.88 Å². The number of pyridine rings is 2. The number of sulfonamides is 1. The van der Waals surface area contributed by atoms with E-state index in [0.29, 0.717) is 52.2 Å². The molecule has 4 aromatic heterocycles. The molecule has 2 saturated heterocycles. The Balaban J connectivity index is 0.846. The fourth-order valence-corrected chi connectivity index (χ4v) is 12.0. The van der Waals surface area contributed by atoms with Crippen molar-refractivity contribution in [2.45, 2.75) is 87.9 Å². The summed E-state index contributed by atoms with van der Waals surface area (Å²) in [5.74, 6) is -0.693. The zero-order chi connectivity index (χ0) is 46.0. The Morgan fingerprint density at radius 1 is 0.985 bits per heavy atom. The minimum absolute atomic E-state index is 0.0256. The highest BCUT2D eigenvalue weighted by molar-refractivity contribution is 7.90. The van der Waals surface area contributed by atoms with Gasteiger partial charge in [0.25, 0.3) is 15.9 Å². The van der Waals surface area contributed by atoms with Crippen molar-refractivity contribution in [2.24, 2.45) is 5.41 Å². The van der Waals surface area contributed by atoms with E-state index in [1.54, 1.807) is 23.1 Å². The maximum atomic E-state index is 14.3. The summed E-state index contributed by atoms with van der Waals surface area (Å²) in [6, 6.07) is 29.3. The Morgan fingerprint density at radius 3 is 2.57 bits per heavy atom. The van der Waals surface area contributed by atoms with E-state index in [2.05, 4.69) is 73.0 Å². The maximum absolute atomic E-state index is 14.3. The first-order valence-corrected chi connectivity index (χ1v) is 24.7. The Labute approximate surface area is 387 Å². The fraction of sp³-hybridized carbons (Fsp3) is 0.360. The van der Waals surface area contributed by atoms with Crippen LogP contribution >= 0.6 is 0 Å². The zero-order valence-corrected chi connectivity index (χ0v) is 38.2. The summed E-state index contributed by atoms with van der Waals surface area (Å²) >= 11 is 0. The summed E-state index contributed by atoms with van der Waals surface area (Å²) in [4.78, 5) is 44.4. The van der Waals surface area contributed by atoms with Gasteiger partial charge in [-0.3, -0.25) is 29.6 Å². The van der Waals surface area contributed by atoms with E-state index >= 15 is 0 Å². The number of carbonyl (C=O) groups is 1. The van der Waals surface area contributed by atoms with Gasteiger partial charge in [-0.05, 0) is 110 Å². The van der Waals surface area contributed by atoms with Gasteiger partial charge in [-0.15, -0.1) is 0 Å². The molecule has 1 saturated carbocycles. The summed E-state index contributed by atoms with van der Waals surface area (Å²) in [6.07, 6.45) is 10.8. The van der Waals surface area contributed by atoms with Crippen molar-refractivity contribution in [3.8, 4) is 11.6 Å². The van der Waals surface area contributed by atoms with Crippen LogP contribution in [-0.4, -0.2) is 87.2 Å². The fourth-order valence-electron chi connectivity index (χ4n) is 11.1. The van der Waals surface area contributed by atoms with Crippen molar-refractivity contribution < 1.29 is 22.9 Å².